The molecular formula is C16H15IN2O2. The summed E-state index contributed by atoms with van der Waals surface area (Å²) in [4.78, 5) is 11.7. The van der Waals surface area contributed by atoms with Gasteiger partial charge in [-0.15, -0.1) is 0 Å². The lowest BCUT2D eigenvalue weighted by molar-refractivity contribution is -0.123. The first-order valence-corrected chi connectivity index (χ1v) is 7.50. The molecule has 4 nitrogen and oxygen atoms in total. The van der Waals surface area contributed by atoms with Crippen LogP contribution >= 0.6 is 22.6 Å². The molecular weight excluding hydrogens is 379 g/mol. The highest BCUT2D eigenvalue weighted by Gasteiger charge is 2.03. The van der Waals surface area contributed by atoms with E-state index in [1.807, 2.05) is 49.4 Å². The summed E-state index contributed by atoms with van der Waals surface area (Å²) in [5, 5.41) is 4.08. The molecule has 0 aromatic heterocycles. The summed E-state index contributed by atoms with van der Waals surface area (Å²) in [5.41, 5.74) is 4.22. The molecule has 0 aliphatic carbocycles. The van der Waals surface area contributed by atoms with Gasteiger partial charge in [-0.3, -0.25) is 4.79 Å². The lowest BCUT2D eigenvalue weighted by atomic mass is 10.1. The van der Waals surface area contributed by atoms with Gasteiger partial charge in [0, 0.05) is 3.57 Å². The number of nitrogens with zero attached hydrogens (tertiary/aromatic N) is 1. The van der Waals surface area contributed by atoms with Crippen molar-refractivity contribution in [3.05, 3.63) is 63.7 Å². The minimum absolute atomic E-state index is 0.0624. The molecule has 1 amide bonds. The van der Waals surface area contributed by atoms with Gasteiger partial charge in [-0.25, -0.2) is 5.43 Å². The van der Waals surface area contributed by atoms with Gasteiger partial charge < -0.3 is 4.74 Å². The topological polar surface area (TPSA) is 50.7 Å². The normalized spacial score (nSPS) is 11.0. The van der Waals surface area contributed by atoms with Gasteiger partial charge in [-0.05, 0) is 59.3 Å². The van der Waals surface area contributed by atoms with E-state index in [1.54, 1.807) is 12.1 Å². The van der Waals surface area contributed by atoms with E-state index < -0.39 is 0 Å². The van der Waals surface area contributed by atoms with E-state index in [9.17, 15) is 4.79 Å². The van der Waals surface area contributed by atoms with Crippen molar-refractivity contribution in [2.75, 3.05) is 6.61 Å². The lowest BCUT2D eigenvalue weighted by Crippen LogP contribution is -2.25. The molecule has 0 heterocycles. The summed E-state index contributed by atoms with van der Waals surface area (Å²) >= 11 is 2.24. The first-order chi connectivity index (χ1) is 10.1. The Labute approximate surface area is 137 Å². The van der Waals surface area contributed by atoms with Crippen LogP contribution in [0.2, 0.25) is 0 Å². The zero-order valence-corrected chi connectivity index (χ0v) is 13.7. The van der Waals surface area contributed by atoms with Crippen molar-refractivity contribution in [3.63, 3.8) is 0 Å². The van der Waals surface area contributed by atoms with Gasteiger partial charge in [-0.2, -0.15) is 5.10 Å². The maximum Gasteiger partial charge on any atom is 0.277 e. The molecule has 21 heavy (non-hydrogen) atoms. The van der Waals surface area contributed by atoms with Crippen LogP contribution in [0.4, 0.5) is 0 Å². The molecule has 5 heteroatoms. The van der Waals surface area contributed by atoms with Gasteiger partial charge in [0.25, 0.3) is 5.91 Å². The number of ether oxygens (including phenoxy) is 1. The van der Waals surface area contributed by atoms with Crippen LogP contribution in [0.3, 0.4) is 0 Å². The van der Waals surface area contributed by atoms with E-state index in [4.69, 9.17) is 4.74 Å². The van der Waals surface area contributed by atoms with Crippen molar-refractivity contribution in [1.29, 1.82) is 0 Å². The van der Waals surface area contributed by atoms with Crippen molar-refractivity contribution in [1.82, 2.24) is 5.43 Å². The quantitative estimate of drug-likeness (QED) is 0.481. The minimum atomic E-state index is -0.288. The van der Waals surface area contributed by atoms with Crippen molar-refractivity contribution >= 4 is 34.2 Å². The minimum Gasteiger partial charge on any atom is -0.484 e. The zero-order valence-electron chi connectivity index (χ0n) is 11.5. The van der Waals surface area contributed by atoms with Gasteiger partial charge >= 0.3 is 0 Å². The van der Waals surface area contributed by atoms with Gasteiger partial charge in [0.2, 0.25) is 0 Å². The zero-order chi connectivity index (χ0) is 15.1. The summed E-state index contributed by atoms with van der Waals surface area (Å²) in [6.45, 7) is 1.79. The first kappa shape index (κ1) is 15.5. The SMILES string of the molecule is C/C(=N/NC(=O)COc1ccccc1)c1cccc(I)c1. The second-order valence-corrected chi connectivity index (χ2v) is 5.59. The van der Waals surface area contributed by atoms with E-state index >= 15 is 0 Å². The number of hydrogen-bond acceptors (Lipinski definition) is 3. The van der Waals surface area contributed by atoms with E-state index in [1.165, 1.54) is 0 Å². The molecule has 0 aliphatic heterocycles. The van der Waals surface area contributed by atoms with Gasteiger partial charge in [0.15, 0.2) is 6.61 Å². The van der Waals surface area contributed by atoms with Crippen LogP contribution in [0.25, 0.3) is 0 Å². The average Bonchev–Trinajstić information content (AvgIpc) is 2.51. The molecule has 0 aliphatic rings. The first-order valence-electron chi connectivity index (χ1n) is 6.42. The smallest absolute Gasteiger partial charge is 0.277 e. The van der Waals surface area contributed by atoms with Crippen LogP contribution in [0.5, 0.6) is 5.75 Å². The fourth-order valence-corrected chi connectivity index (χ4v) is 2.17. The highest BCUT2D eigenvalue weighted by atomic mass is 127. The molecule has 0 atom stereocenters. The number of benzene rings is 2. The third-order valence-corrected chi connectivity index (χ3v) is 3.37. The van der Waals surface area contributed by atoms with Crippen LogP contribution in [-0.2, 0) is 4.79 Å². The monoisotopic (exact) mass is 394 g/mol. The molecule has 0 fully saturated rings. The Kier molecular flexibility index (Phi) is 5.74. The molecule has 0 unspecified atom stereocenters. The van der Waals surface area contributed by atoms with Gasteiger partial charge in [-0.1, -0.05) is 30.3 Å². The van der Waals surface area contributed by atoms with Crippen LogP contribution in [0.15, 0.2) is 59.7 Å². The number of hydrogen-bond donors (Lipinski definition) is 1. The van der Waals surface area contributed by atoms with Gasteiger partial charge in [0.1, 0.15) is 5.75 Å². The predicted octanol–water partition coefficient (Wildman–Crippen LogP) is 3.21. The Morgan fingerprint density at radius 2 is 1.95 bits per heavy atom. The second kappa shape index (κ2) is 7.78. The maximum absolute atomic E-state index is 11.7. The van der Waals surface area contributed by atoms with Crippen LogP contribution in [-0.4, -0.2) is 18.2 Å². The predicted molar refractivity (Wildman–Crippen MR) is 91.4 cm³/mol. The highest BCUT2D eigenvalue weighted by molar-refractivity contribution is 14.1. The molecule has 2 rings (SSSR count). The van der Waals surface area contributed by atoms with E-state index in [0.29, 0.717) is 5.75 Å². The largest absolute Gasteiger partial charge is 0.484 e. The highest BCUT2D eigenvalue weighted by Crippen LogP contribution is 2.09. The van der Waals surface area contributed by atoms with Gasteiger partial charge in [0.05, 0.1) is 5.71 Å². The Balaban J connectivity index is 1.87. The van der Waals surface area contributed by atoms with Crippen molar-refractivity contribution in [2.45, 2.75) is 6.92 Å². The number of hydrazone groups is 1. The fraction of sp³-hybridized carbons (Fsp3) is 0.125. The average molecular weight is 394 g/mol. The Morgan fingerprint density at radius 3 is 2.67 bits per heavy atom. The Hall–Kier alpha value is -1.89. The summed E-state index contributed by atoms with van der Waals surface area (Å²) in [5.74, 6) is 0.370. The number of para-hydroxylation sites is 1. The summed E-state index contributed by atoms with van der Waals surface area (Å²) in [6, 6.07) is 17.1. The fourth-order valence-electron chi connectivity index (χ4n) is 1.62. The van der Waals surface area contributed by atoms with Crippen molar-refractivity contribution in [2.24, 2.45) is 5.10 Å². The number of rotatable bonds is 5. The van der Waals surface area contributed by atoms with E-state index in [2.05, 4.69) is 33.1 Å². The molecule has 0 radical (unpaired) electrons. The molecule has 0 bridgehead atoms. The molecule has 0 saturated carbocycles. The van der Waals surface area contributed by atoms with Crippen molar-refractivity contribution in [3.8, 4) is 5.75 Å². The van der Waals surface area contributed by atoms with Crippen LogP contribution in [0.1, 0.15) is 12.5 Å². The third-order valence-electron chi connectivity index (χ3n) is 2.70. The second-order valence-electron chi connectivity index (χ2n) is 4.34. The molecule has 108 valence electrons. The Morgan fingerprint density at radius 1 is 1.19 bits per heavy atom. The van der Waals surface area contributed by atoms with Crippen LogP contribution < -0.4 is 10.2 Å². The van der Waals surface area contributed by atoms with Crippen molar-refractivity contribution < 1.29 is 9.53 Å². The Bertz CT molecular complexity index is 642. The molecule has 2 aromatic carbocycles. The number of carbonyl (C=O) groups excluding carboxylic acids is 1. The number of halogens is 1. The van der Waals surface area contributed by atoms with E-state index in [-0.39, 0.29) is 12.5 Å². The van der Waals surface area contributed by atoms with E-state index in [0.717, 1.165) is 14.8 Å². The number of nitrogens with one attached hydrogen (secondary N) is 1. The lowest BCUT2D eigenvalue weighted by Gasteiger charge is -2.05. The summed E-state index contributed by atoms with van der Waals surface area (Å²) in [7, 11) is 0. The van der Waals surface area contributed by atoms with Crippen LogP contribution in [0, 0.1) is 3.57 Å². The summed E-state index contributed by atoms with van der Waals surface area (Å²) < 4.78 is 6.47. The summed E-state index contributed by atoms with van der Waals surface area (Å²) in [6.07, 6.45) is 0. The molecule has 2 aromatic rings. The third kappa shape index (κ3) is 5.18. The number of amides is 1. The maximum atomic E-state index is 11.7. The number of carbonyl (C=O) groups is 1. The molecule has 0 saturated heterocycles. The molecule has 1 N–H and O–H groups in total. The standard InChI is InChI=1S/C16H15IN2O2/c1-12(13-6-5-7-14(17)10-13)18-19-16(20)11-21-15-8-3-2-4-9-15/h2-10H,11H2,1H3,(H,19,20)/b18-12-. The molecule has 0 spiro atoms.